The lowest BCUT2D eigenvalue weighted by Crippen LogP contribution is -2.21. The van der Waals surface area contributed by atoms with E-state index in [0.717, 1.165) is 17.2 Å². The molecule has 0 saturated heterocycles. The van der Waals surface area contributed by atoms with Gasteiger partial charge in [-0.05, 0) is 0 Å². The molecule has 0 aliphatic carbocycles. The molecule has 1 aromatic rings. The Labute approximate surface area is 102 Å². The van der Waals surface area contributed by atoms with Gasteiger partial charge >= 0.3 is 0 Å². The van der Waals surface area contributed by atoms with Gasteiger partial charge in [-0.1, -0.05) is 0 Å². The van der Waals surface area contributed by atoms with Crippen LogP contribution in [0, 0.1) is 0 Å². The van der Waals surface area contributed by atoms with Crippen LogP contribution in [0.2, 0.25) is 0 Å². The van der Waals surface area contributed by atoms with Gasteiger partial charge in [-0.2, -0.15) is 16.8 Å². The van der Waals surface area contributed by atoms with Crippen LogP contribution < -0.4 is 16.8 Å². The number of thioether (sulfide) groups is 1. The summed E-state index contributed by atoms with van der Waals surface area (Å²) in [5, 5.41) is 5.08. The molecule has 0 aliphatic rings. The van der Waals surface area contributed by atoms with Gasteiger partial charge in [0.05, 0.1) is 5.69 Å². The maximum absolute atomic E-state index is 9.97. The highest BCUT2D eigenvalue weighted by Gasteiger charge is 2.01. The molecule has 0 radical (unpaired) electrons. The number of hydrogen-bond acceptors (Lipinski definition) is 5. The highest BCUT2D eigenvalue weighted by molar-refractivity contribution is 7.98. The third-order valence-electron chi connectivity index (χ3n) is 1.49. The Bertz CT molecular complexity index is 361. The van der Waals surface area contributed by atoms with E-state index in [1.165, 1.54) is 11.3 Å². The molecule has 0 aliphatic heterocycles. The fraction of sp³-hybridized carbons (Fsp3) is 0.375. The highest BCUT2D eigenvalue weighted by Crippen LogP contribution is 2.21. The Balaban J connectivity index is 2.29. The molecule has 8 heteroatoms. The second kappa shape index (κ2) is 7.07. The smallest absolute Gasteiger partial charge is 0.212 e. The van der Waals surface area contributed by atoms with Crippen LogP contribution in [0.1, 0.15) is 5.69 Å². The van der Waals surface area contributed by atoms with Gasteiger partial charge < -0.3 is 16.8 Å². The number of nitrogens with zero attached hydrogens (tertiary/aromatic N) is 2. The van der Waals surface area contributed by atoms with E-state index in [4.69, 9.17) is 11.5 Å². The minimum absolute atomic E-state index is 0.0173. The zero-order chi connectivity index (χ0) is 11.8. The Hall–Kier alpha value is -1.28. The Morgan fingerprint density at radius 2 is 2.50 bits per heavy atom. The first kappa shape index (κ1) is 12.8. The van der Waals surface area contributed by atoms with E-state index in [9.17, 15) is 4.79 Å². The molecular formula is C8H13N5OS2. The summed E-state index contributed by atoms with van der Waals surface area (Å²) >= 11 is 3.09. The molecule has 6 nitrogen and oxygen atoms in total. The summed E-state index contributed by atoms with van der Waals surface area (Å²) < 4.78 is 0. The molecule has 1 rings (SSSR count). The molecule has 88 valence electrons. The lowest BCUT2D eigenvalue weighted by Gasteiger charge is -1.97. The number of guanidine groups is 1. The van der Waals surface area contributed by atoms with E-state index >= 15 is 0 Å². The van der Waals surface area contributed by atoms with Crippen molar-refractivity contribution in [1.82, 2.24) is 10.3 Å². The van der Waals surface area contributed by atoms with Gasteiger partial charge in [0, 0.05) is 23.4 Å². The van der Waals surface area contributed by atoms with Crippen molar-refractivity contribution in [3.8, 4) is 0 Å². The van der Waals surface area contributed by atoms with E-state index in [-0.39, 0.29) is 5.96 Å². The molecule has 0 unspecified atom stereocenters. The molecule has 0 saturated carbocycles. The first-order chi connectivity index (χ1) is 7.72. The van der Waals surface area contributed by atoms with Crippen molar-refractivity contribution in [3.05, 3.63) is 11.1 Å². The molecule has 0 aromatic carbocycles. The predicted octanol–water partition coefficient (Wildman–Crippen LogP) is 0.0272. The van der Waals surface area contributed by atoms with Gasteiger partial charge in [0.15, 0.2) is 5.96 Å². The lowest BCUT2D eigenvalue weighted by atomic mass is 10.6. The largest absolute Gasteiger partial charge is 0.370 e. The summed E-state index contributed by atoms with van der Waals surface area (Å²) in [7, 11) is 0. The fourth-order valence-corrected chi connectivity index (χ4v) is 2.47. The average Bonchev–Trinajstić information content (AvgIpc) is 2.64. The number of nitrogens with one attached hydrogen (secondary N) is 1. The van der Waals surface area contributed by atoms with E-state index in [0.29, 0.717) is 18.1 Å². The SMILES string of the molecule is NC(N)=Nc1nc(CSCCNC=O)cs1. The lowest BCUT2D eigenvalue weighted by molar-refractivity contribution is -0.109. The van der Waals surface area contributed by atoms with Crippen LogP contribution in [0.15, 0.2) is 10.4 Å². The standard InChI is InChI=1S/C8H13N5OS2/c9-7(10)13-8-12-6(4-16-8)3-15-2-1-11-5-14/h4-5H,1-3H2,(H,11,14)(H4,9,10,12,13). The fourth-order valence-electron chi connectivity index (χ4n) is 0.891. The topological polar surface area (TPSA) is 106 Å². The summed E-state index contributed by atoms with van der Waals surface area (Å²) in [5.74, 6) is 1.66. The molecular weight excluding hydrogens is 246 g/mol. The first-order valence-corrected chi connectivity index (χ1v) is 6.54. The highest BCUT2D eigenvalue weighted by atomic mass is 32.2. The molecule has 5 N–H and O–H groups in total. The van der Waals surface area contributed by atoms with Crippen LogP contribution in [0.4, 0.5) is 5.13 Å². The van der Waals surface area contributed by atoms with Crippen molar-refractivity contribution in [2.24, 2.45) is 16.5 Å². The molecule has 16 heavy (non-hydrogen) atoms. The monoisotopic (exact) mass is 259 g/mol. The Kier molecular flexibility index (Phi) is 5.65. The van der Waals surface area contributed by atoms with Crippen molar-refractivity contribution in [3.63, 3.8) is 0 Å². The van der Waals surface area contributed by atoms with Crippen LogP contribution >= 0.6 is 23.1 Å². The Morgan fingerprint density at radius 3 is 3.19 bits per heavy atom. The summed E-state index contributed by atoms with van der Waals surface area (Å²) in [6, 6.07) is 0. The molecule has 1 amide bonds. The number of carbonyl (C=O) groups excluding carboxylic acids is 1. The summed E-state index contributed by atoms with van der Waals surface area (Å²) in [4.78, 5) is 18.1. The number of thiazole rings is 1. The van der Waals surface area contributed by atoms with Crippen LogP contribution in [0.5, 0.6) is 0 Å². The average molecular weight is 259 g/mol. The summed E-state index contributed by atoms with van der Waals surface area (Å²) in [6.07, 6.45) is 0.695. The zero-order valence-electron chi connectivity index (χ0n) is 8.55. The van der Waals surface area contributed by atoms with Crippen molar-refractivity contribution in [1.29, 1.82) is 0 Å². The van der Waals surface area contributed by atoms with E-state index in [1.807, 2.05) is 5.38 Å². The van der Waals surface area contributed by atoms with Crippen LogP contribution in [-0.4, -0.2) is 29.7 Å². The number of aromatic nitrogens is 1. The summed E-state index contributed by atoms with van der Waals surface area (Å²) in [5.41, 5.74) is 11.4. The molecule has 0 bridgehead atoms. The maximum atomic E-state index is 9.97. The minimum atomic E-state index is 0.0173. The van der Waals surface area contributed by atoms with E-state index in [1.54, 1.807) is 11.8 Å². The van der Waals surface area contributed by atoms with E-state index in [2.05, 4.69) is 15.3 Å². The molecule has 0 spiro atoms. The molecule has 1 aromatic heterocycles. The van der Waals surface area contributed by atoms with Gasteiger partial charge in [-0.25, -0.2) is 4.98 Å². The number of aliphatic imine (C=N–C) groups is 1. The number of rotatable bonds is 7. The quantitative estimate of drug-likeness (QED) is 0.277. The third-order valence-corrected chi connectivity index (χ3v) is 3.26. The number of amides is 1. The van der Waals surface area contributed by atoms with Gasteiger partial charge in [-0.15, -0.1) is 11.3 Å². The second-order valence-electron chi connectivity index (χ2n) is 2.78. The van der Waals surface area contributed by atoms with Gasteiger partial charge in [0.25, 0.3) is 0 Å². The second-order valence-corrected chi connectivity index (χ2v) is 4.72. The van der Waals surface area contributed by atoms with Gasteiger partial charge in [-0.3, -0.25) is 4.79 Å². The van der Waals surface area contributed by atoms with Gasteiger partial charge in [0.1, 0.15) is 0 Å². The number of carbonyl (C=O) groups is 1. The molecule has 1 heterocycles. The number of nitrogens with two attached hydrogens (primary N) is 2. The van der Waals surface area contributed by atoms with Crippen LogP contribution in [0.3, 0.4) is 0 Å². The maximum Gasteiger partial charge on any atom is 0.212 e. The number of hydrogen-bond donors (Lipinski definition) is 3. The van der Waals surface area contributed by atoms with Gasteiger partial charge in [0.2, 0.25) is 11.5 Å². The van der Waals surface area contributed by atoms with Crippen LogP contribution in [-0.2, 0) is 10.5 Å². The van der Waals surface area contributed by atoms with Crippen molar-refractivity contribution >= 4 is 40.6 Å². The normalized spacial score (nSPS) is 9.75. The predicted molar refractivity (Wildman–Crippen MR) is 67.8 cm³/mol. The first-order valence-electron chi connectivity index (χ1n) is 4.51. The molecule has 0 fully saturated rings. The minimum Gasteiger partial charge on any atom is -0.370 e. The Morgan fingerprint density at radius 1 is 1.69 bits per heavy atom. The summed E-state index contributed by atoms with van der Waals surface area (Å²) in [6.45, 7) is 0.666. The zero-order valence-corrected chi connectivity index (χ0v) is 10.2. The van der Waals surface area contributed by atoms with Crippen molar-refractivity contribution < 1.29 is 4.79 Å². The van der Waals surface area contributed by atoms with Crippen molar-refractivity contribution in [2.75, 3.05) is 12.3 Å². The van der Waals surface area contributed by atoms with E-state index < -0.39 is 0 Å². The van der Waals surface area contributed by atoms with Crippen molar-refractivity contribution in [2.45, 2.75) is 5.75 Å². The van der Waals surface area contributed by atoms with Crippen LogP contribution in [0.25, 0.3) is 0 Å². The molecule has 0 atom stereocenters. The third kappa shape index (κ3) is 4.99.